The van der Waals surface area contributed by atoms with E-state index in [4.69, 9.17) is 9.47 Å². The topological polar surface area (TPSA) is 91.0 Å². The van der Waals surface area contributed by atoms with E-state index in [1.165, 1.54) is 14.0 Å². The summed E-state index contributed by atoms with van der Waals surface area (Å²) in [7, 11) is 1.45. The summed E-state index contributed by atoms with van der Waals surface area (Å²) in [5.74, 6) is 0.104. The first-order valence-corrected chi connectivity index (χ1v) is 6.56. The van der Waals surface area contributed by atoms with Crippen LogP contribution in [-0.4, -0.2) is 33.9 Å². The van der Waals surface area contributed by atoms with Crippen molar-refractivity contribution in [1.82, 2.24) is 0 Å². The molecule has 0 aliphatic heterocycles. The summed E-state index contributed by atoms with van der Waals surface area (Å²) in [6.07, 6.45) is 5.47. The van der Waals surface area contributed by atoms with Gasteiger partial charge in [-0.15, -0.1) is 0 Å². The monoisotopic (exact) mass is 305 g/mol. The number of rotatable bonds is 4. The van der Waals surface area contributed by atoms with Crippen LogP contribution in [0.3, 0.4) is 0 Å². The number of hydrogen-bond acceptors (Lipinski definition) is 6. The van der Waals surface area contributed by atoms with Crippen molar-refractivity contribution in [2.75, 3.05) is 12.6 Å². The van der Waals surface area contributed by atoms with E-state index >= 15 is 0 Å². The molecule has 1 aromatic rings. The van der Waals surface area contributed by atoms with Gasteiger partial charge in [0.2, 0.25) is 5.76 Å². The van der Waals surface area contributed by atoms with Crippen LogP contribution in [0.1, 0.15) is 13.3 Å². The van der Waals surface area contributed by atoms with Crippen LogP contribution in [0, 0.1) is 0 Å². The Balaban J connectivity index is 2.53. The molecule has 0 aromatic heterocycles. The third-order valence-corrected chi connectivity index (χ3v) is 3.05. The van der Waals surface area contributed by atoms with Crippen molar-refractivity contribution in [3.8, 4) is 5.75 Å². The molecule has 0 radical (unpaired) electrons. The summed E-state index contributed by atoms with van der Waals surface area (Å²) in [5, 5.41) is 19.8. The number of carbonyl (C=O) groups excluding carboxylic acids is 1. The first-order valence-electron chi connectivity index (χ1n) is 6.56. The number of esters is 1. The molecule has 0 fully saturated rings. The van der Waals surface area contributed by atoms with Crippen LogP contribution >= 0.6 is 0 Å². The molecular weight excluding hydrogens is 288 g/mol. The Hall–Kier alpha value is -2.80. The standard InChI is InChI=1S/C15H17N2O5/c1-10(18)22-13-8-4-3-6-11(13)17(20)12-7-5-9-14(21-2)15(12)16-19/h3-5,7-9,16,19-20H,6H2,1-2H3/q+1/b17-11-. The molecule has 2 rings (SSSR count). The molecule has 0 bridgehead atoms. The van der Waals surface area contributed by atoms with Gasteiger partial charge < -0.3 is 9.47 Å². The van der Waals surface area contributed by atoms with Crippen molar-refractivity contribution in [2.45, 2.75) is 13.3 Å². The highest BCUT2D eigenvalue weighted by Crippen LogP contribution is 2.34. The SMILES string of the molecule is COc1cccc(/[N+](O)=C2\CC=CC=C2OC(C)=O)c1NO. The third-order valence-electron chi connectivity index (χ3n) is 3.05. The smallest absolute Gasteiger partial charge is 0.308 e. The van der Waals surface area contributed by atoms with E-state index in [-0.39, 0.29) is 17.1 Å². The minimum absolute atomic E-state index is 0.191. The second-order valence-corrected chi connectivity index (χ2v) is 4.48. The molecular formula is C15H17N2O5+. The minimum atomic E-state index is -0.487. The van der Waals surface area contributed by atoms with E-state index in [0.29, 0.717) is 17.9 Å². The minimum Gasteiger partial charge on any atom is -0.494 e. The number of methoxy groups -OCH3 is 1. The first kappa shape index (κ1) is 15.6. The molecule has 7 heteroatoms. The van der Waals surface area contributed by atoms with Gasteiger partial charge >= 0.3 is 5.97 Å². The Labute approximate surface area is 127 Å². The lowest BCUT2D eigenvalue weighted by Gasteiger charge is -2.11. The number of nitrogens with one attached hydrogen (secondary N) is 1. The number of benzene rings is 1. The number of nitrogens with zero attached hydrogens (tertiary/aromatic N) is 1. The lowest BCUT2D eigenvalue weighted by atomic mass is 10.1. The van der Waals surface area contributed by atoms with E-state index in [0.717, 1.165) is 4.74 Å². The zero-order chi connectivity index (χ0) is 16.1. The molecule has 22 heavy (non-hydrogen) atoms. The van der Waals surface area contributed by atoms with Gasteiger partial charge in [-0.05, 0) is 12.1 Å². The van der Waals surface area contributed by atoms with Gasteiger partial charge in [0.1, 0.15) is 0 Å². The first-order chi connectivity index (χ1) is 10.6. The van der Waals surface area contributed by atoms with Crippen molar-refractivity contribution >= 4 is 23.1 Å². The summed E-state index contributed by atoms with van der Waals surface area (Å²) >= 11 is 0. The molecule has 0 saturated heterocycles. The fraction of sp³-hybridized carbons (Fsp3) is 0.200. The number of ether oxygens (including phenoxy) is 2. The van der Waals surface area contributed by atoms with E-state index in [1.807, 2.05) is 5.48 Å². The summed E-state index contributed by atoms with van der Waals surface area (Å²) < 4.78 is 11.1. The van der Waals surface area contributed by atoms with Gasteiger partial charge in [-0.3, -0.25) is 20.7 Å². The third kappa shape index (κ3) is 3.09. The van der Waals surface area contributed by atoms with Gasteiger partial charge in [0.15, 0.2) is 11.4 Å². The lowest BCUT2D eigenvalue weighted by Crippen LogP contribution is -2.21. The molecule has 0 amide bonds. The highest BCUT2D eigenvalue weighted by molar-refractivity contribution is 5.99. The van der Waals surface area contributed by atoms with Gasteiger partial charge in [0.25, 0.3) is 11.4 Å². The van der Waals surface area contributed by atoms with E-state index in [1.54, 1.807) is 36.4 Å². The Morgan fingerprint density at radius 1 is 1.41 bits per heavy atom. The molecule has 0 unspecified atom stereocenters. The molecule has 0 atom stereocenters. The molecule has 3 N–H and O–H groups in total. The average Bonchev–Trinajstić information content (AvgIpc) is 2.53. The maximum Gasteiger partial charge on any atom is 0.308 e. The van der Waals surface area contributed by atoms with E-state index in [2.05, 4.69) is 0 Å². The highest BCUT2D eigenvalue weighted by Gasteiger charge is 2.28. The second-order valence-electron chi connectivity index (χ2n) is 4.48. The normalized spacial score (nSPS) is 15.9. The van der Waals surface area contributed by atoms with Crippen LogP contribution in [0.25, 0.3) is 0 Å². The Morgan fingerprint density at radius 3 is 2.82 bits per heavy atom. The molecule has 1 aliphatic carbocycles. The van der Waals surface area contributed by atoms with Crippen molar-refractivity contribution in [3.63, 3.8) is 0 Å². The van der Waals surface area contributed by atoms with Crippen molar-refractivity contribution in [1.29, 1.82) is 0 Å². The van der Waals surface area contributed by atoms with Gasteiger partial charge in [-0.25, -0.2) is 0 Å². The largest absolute Gasteiger partial charge is 0.494 e. The van der Waals surface area contributed by atoms with Crippen molar-refractivity contribution in [3.05, 3.63) is 42.2 Å². The Morgan fingerprint density at radius 2 is 2.18 bits per heavy atom. The number of carbonyl (C=O) groups is 1. The van der Waals surface area contributed by atoms with Crippen LogP contribution in [0.4, 0.5) is 11.4 Å². The van der Waals surface area contributed by atoms with Crippen molar-refractivity contribution < 1.29 is 29.4 Å². The van der Waals surface area contributed by atoms with Crippen LogP contribution in [0.2, 0.25) is 0 Å². The summed E-state index contributed by atoms with van der Waals surface area (Å²) in [4.78, 5) is 11.2. The number of anilines is 1. The van der Waals surface area contributed by atoms with Crippen LogP contribution in [-0.2, 0) is 9.53 Å². The van der Waals surface area contributed by atoms with Gasteiger partial charge in [0.05, 0.1) is 13.5 Å². The fourth-order valence-electron chi connectivity index (χ4n) is 2.09. The Kier molecular flexibility index (Phi) is 4.80. The number of allylic oxidation sites excluding steroid dienone is 4. The fourth-order valence-corrected chi connectivity index (χ4v) is 2.09. The predicted octanol–water partition coefficient (Wildman–Crippen LogP) is 2.38. The lowest BCUT2D eigenvalue weighted by molar-refractivity contribution is -0.713. The zero-order valence-electron chi connectivity index (χ0n) is 12.2. The quantitative estimate of drug-likeness (QED) is 0.342. The van der Waals surface area contributed by atoms with Crippen molar-refractivity contribution in [2.24, 2.45) is 0 Å². The maximum absolute atomic E-state index is 11.2. The van der Waals surface area contributed by atoms with Gasteiger partial charge in [-0.1, -0.05) is 18.2 Å². The second kappa shape index (κ2) is 6.77. The van der Waals surface area contributed by atoms with E-state index in [9.17, 15) is 15.2 Å². The zero-order valence-corrected chi connectivity index (χ0v) is 12.2. The Bertz CT molecular complexity index is 677. The number of hydrogen-bond donors (Lipinski definition) is 3. The molecule has 0 saturated carbocycles. The predicted molar refractivity (Wildman–Crippen MR) is 78.7 cm³/mol. The number of para-hydroxylation sites is 1. The molecule has 116 valence electrons. The summed E-state index contributed by atoms with van der Waals surface area (Å²) in [6.45, 7) is 1.28. The van der Waals surface area contributed by atoms with Crippen LogP contribution in [0.5, 0.6) is 5.75 Å². The average molecular weight is 305 g/mol. The molecule has 7 nitrogen and oxygen atoms in total. The molecule has 1 aliphatic rings. The summed E-state index contributed by atoms with van der Waals surface area (Å²) in [6, 6.07) is 4.87. The van der Waals surface area contributed by atoms with Crippen LogP contribution in [0.15, 0.2) is 42.2 Å². The van der Waals surface area contributed by atoms with Gasteiger partial charge in [-0.2, -0.15) is 0 Å². The van der Waals surface area contributed by atoms with Crippen LogP contribution < -0.4 is 10.2 Å². The molecule has 0 heterocycles. The van der Waals surface area contributed by atoms with Gasteiger partial charge in [0, 0.05) is 17.7 Å². The summed E-state index contributed by atoms with van der Waals surface area (Å²) in [5.41, 5.74) is 2.82. The highest BCUT2D eigenvalue weighted by atomic mass is 16.5. The van der Waals surface area contributed by atoms with E-state index < -0.39 is 5.97 Å². The molecule has 1 aromatic carbocycles. The maximum atomic E-state index is 11.2. The molecule has 0 spiro atoms.